The number of hydrogen-bond donors (Lipinski definition) is 3. The van der Waals surface area contributed by atoms with Crippen LogP contribution in [0, 0.1) is 11.6 Å². The van der Waals surface area contributed by atoms with Gasteiger partial charge in [-0.2, -0.15) is 10.2 Å². The van der Waals surface area contributed by atoms with Crippen LogP contribution in [-0.4, -0.2) is 63.8 Å². The van der Waals surface area contributed by atoms with E-state index in [4.69, 9.17) is 5.21 Å². The first-order valence-electron chi connectivity index (χ1n) is 14.0. The monoisotopic (exact) mass is 598 g/mol. The Morgan fingerprint density at radius 3 is 2.47 bits per heavy atom. The SMILES string of the molecule is CN(Cc1ccc(-n2cnn(CCCCCCCC(=O)NO)c2=O)cc1)CC(O)(Cn1cncn1)c1ccc(F)cc1F. The Morgan fingerprint density at radius 1 is 1.02 bits per heavy atom. The highest BCUT2D eigenvalue weighted by atomic mass is 19.1. The molecule has 0 aliphatic heterocycles. The molecular formula is C29H36F2N8O4. The van der Waals surface area contributed by atoms with E-state index in [1.807, 2.05) is 17.0 Å². The van der Waals surface area contributed by atoms with Crippen LogP contribution in [-0.2, 0) is 30.0 Å². The number of aliphatic hydroxyl groups is 1. The second kappa shape index (κ2) is 14.8. The number of benzene rings is 2. The molecule has 12 nitrogen and oxygen atoms in total. The van der Waals surface area contributed by atoms with E-state index in [9.17, 15) is 23.5 Å². The first kappa shape index (κ1) is 31.7. The number of amides is 1. The van der Waals surface area contributed by atoms with Crippen LogP contribution in [0.1, 0.15) is 49.7 Å². The average molecular weight is 599 g/mol. The van der Waals surface area contributed by atoms with Crippen molar-refractivity contribution in [1.82, 2.24) is 39.5 Å². The summed E-state index contributed by atoms with van der Waals surface area (Å²) < 4.78 is 32.6. The summed E-state index contributed by atoms with van der Waals surface area (Å²) in [5.74, 6) is -1.97. The quantitative estimate of drug-likeness (QED) is 0.102. The molecule has 0 bridgehead atoms. The highest BCUT2D eigenvalue weighted by molar-refractivity contribution is 5.74. The van der Waals surface area contributed by atoms with Crippen molar-refractivity contribution in [3.63, 3.8) is 0 Å². The molecule has 1 unspecified atom stereocenters. The summed E-state index contributed by atoms with van der Waals surface area (Å²) in [5, 5.41) is 28.3. The third-order valence-corrected chi connectivity index (χ3v) is 7.15. The maximum absolute atomic E-state index is 14.7. The molecule has 2 aromatic heterocycles. The van der Waals surface area contributed by atoms with Crippen molar-refractivity contribution in [1.29, 1.82) is 0 Å². The van der Waals surface area contributed by atoms with E-state index in [0.717, 1.165) is 43.4 Å². The lowest BCUT2D eigenvalue weighted by atomic mass is 9.92. The minimum Gasteiger partial charge on any atom is -0.382 e. The van der Waals surface area contributed by atoms with Crippen molar-refractivity contribution in [2.45, 2.75) is 63.8 Å². The predicted molar refractivity (Wildman–Crippen MR) is 152 cm³/mol. The minimum atomic E-state index is -1.72. The highest BCUT2D eigenvalue weighted by Gasteiger charge is 2.35. The van der Waals surface area contributed by atoms with E-state index in [0.29, 0.717) is 25.2 Å². The summed E-state index contributed by atoms with van der Waals surface area (Å²) in [4.78, 5) is 29.6. The molecule has 4 rings (SSSR count). The first-order valence-corrected chi connectivity index (χ1v) is 14.0. The van der Waals surface area contributed by atoms with E-state index >= 15 is 0 Å². The fourth-order valence-electron chi connectivity index (χ4n) is 5.05. The van der Waals surface area contributed by atoms with Gasteiger partial charge in [0.1, 0.15) is 36.2 Å². The van der Waals surface area contributed by atoms with Crippen LogP contribution < -0.4 is 11.2 Å². The molecule has 0 spiro atoms. The van der Waals surface area contributed by atoms with Crippen LogP contribution in [0.15, 0.2) is 66.2 Å². The van der Waals surface area contributed by atoms with Crippen molar-refractivity contribution in [2.75, 3.05) is 13.6 Å². The van der Waals surface area contributed by atoms with E-state index in [2.05, 4.69) is 15.2 Å². The fourth-order valence-corrected chi connectivity index (χ4v) is 5.05. The van der Waals surface area contributed by atoms with Gasteiger partial charge in [-0.05, 0) is 43.7 Å². The lowest BCUT2D eigenvalue weighted by Gasteiger charge is -2.33. The third-order valence-electron chi connectivity index (χ3n) is 7.15. The number of carbonyl (C=O) groups is 1. The van der Waals surface area contributed by atoms with Crippen LogP contribution in [0.5, 0.6) is 0 Å². The standard InChI is InChI=1S/C29H36F2N8O4/c1-36(17-29(42,18-37-20-32-19-33-37)25-13-10-23(30)15-26(25)31)16-22-8-11-24(12-9-22)38-21-34-39(28(38)41)14-6-4-2-3-5-7-27(40)35-43/h8-13,15,19-21,42-43H,2-7,14,16-18H2,1H3,(H,35,40). The molecule has 230 valence electrons. The molecule has 1 atom stereocenters. The zero-order valence-corrected chi connectivity index (χ0v) is 23.9. The van der Waals surface area contributed by atoms with Crippen LogP contribution >= 0.6 is 0 Å². The number of hydroxylamine groups is 1. The lowest BCUT2D eigenvalue weighted by molar-refractivity contribution is -0.129. The number of aryl methyl sites for hydroxylation is 1. The summed E-state index contributed by atoms with van der Waals surface area (Å²) in [7, 11) is 1.78. The smallest absolute Gasteiger partial charge is 0.350 e. The molecule has 3 N–H and O–H groups in total. The average Bonchev–Trinajstić information content (AvgIpc) is 3.61. The molecule has 0 fully saturated rings. The number of halogens is 2. The van der Waals surface area contributed by atoms with Crippen LogP contribution in [0.4, 0.5) is 8.78 Å². The van der Waals surface area contributed by atoms with Gasteiger partial charge in [0.2, 0.25) is 5.91 Å². The Morgan fingerprint density at radius 2 is 1.77 bits per heavy atom. The Labute approximate surface area is 247 Å². The molecule has 0 saturated heterocycles. The topological polar surface area (TPSA) is 143 Å². The van der Waals surface area contributed by atoms with Gasteiger partial charge in [0, 0.05) is 37.7 Å². The molecule has 0 aliphatic carbocycles. The van der Waals surface area contributed by atoms with Gasteiger partial charge < -0.3 is 5.11 Å². The van der Waals surface area contributed by atoms with Gasteiger partial charge in [0.25, 0.3) is 0 Å². The number of nitrogens with zero attached hydrogens (tertiary/aromatic N) is 7. The number of rotatable bonds is 16. The van der Waals surface area contributed by atoms with E-state index in [1.165, 1.54) is 39.0 Å². The first-order chi connectivity index (χ1) is 20.7. The van der Waals surface area contributed by atoms with Gasteiger partial charge in [-0.15, -0.1) is 0 Å². The summed E-state index contributed by atoms with van der Waals surface area (Å²) in [6.07, 6.45) is 8.65. The van der Waals surface area contributed by atoms with Gasteiger partial charge in [0.15, 0.2) is 0 Å². The number of hydrogen-bond acceptors (Lipinski definition) is 8. The number of carbonyl (C=O) groups excluding carboxylic acids is 1. The number of aromatic nitrogens is 6. The van der Waals surface area contributed by atoms with E-state index in [-0.39, 0.29) is 36.7 Å². The van der Waals surface area contributed by atoms with Gasteiger partial charge >= 0.3 is 5.69 Å². The van der Waals surface area contributed by atoms with Crippen molar-refractivity contribution in [2.24, 2.45) is 0 Å². The predicted octanol–water partition coefficient (Wildman–Crippen LogP) is 2.77. The fraction of sp³-hybridized carbons (Fsp3) is 0.414. The van der Waals surface area contributed by atoms with Crippen LogP contribution in [0.2, 0.25) is 0 Å². The molecule has 0 aliphatic rings. The molecule has 14 heteroatoms. The number of nitrogens with one attached hydrogen (secondary N) is 1. The van der Waals surface area contributed by atoms with Crippen molar-refractivity contribution in [3.05, 3.63) is 94.7 Å². The molecular weight excluding hydrogens is 562 g/mol. The Kier molecular flexibility index (Phi) is 10.9. The molecule has 0 radical (unpaired) electrons. The molecule has 2 heterocycles. The largest absolute Gasteiger partial charge is 0.382 e. The zero-order chi connectivity index (χ0) is 30.8. The van der Waals surface area contributed by atoms with Crippen molar-refractivity contribution in [3.8, 4) is 5.69 Å². The van der Waals surface area contributed by atoms with Gasteiger partial charge in [-0.25, -0.2) is 38.0 Å². The summed E-state index contributed by atoms with van der Waals surface area (Å²) in [6.45, 7) is 0.816. The Balaban J connectivity index is 1.34. The zero-order valence-electron chi connectivity index (χ0n) is 23.9. The normalized spacial score (nSPS) is 12.9. The second-order valence-corrected chi connectivity index (χ2v) is 10.6. The maximum Gasteiger partial charge on any atom is 0.350 e. The van der Waals surface area contributed by atoms with E-state index in [1.54, 1.807) is 24.7 Å². The minimum absolute atomic E-state index is 0.0153. The van der Waals surface area contributed by atoms with Gasteiger partial charge in [-0.3, -0.25) is 14.9 Å². The Bertz CT molecular complexity index is 1520. The number of likely N-dealkylation sites (N-methyl/N-ethyl adjacent to an activating group) is 1. The van der Waals surface area contributed by atoms with Gasteiger partial charge in [0.05, 0.1) is 12.2 Å². The summed E-state index contributed by atoms with van der Waals surface area (Å²) in [5.41, 5.74) is 1.15. The second-order valence-electron chi connectivity index (χ2n) is 10.6. The molecule has 1 amide bonds. The third kappa shape index (κ3) is 8.63. The maximum atomic E-state index is 14.7. The lowest BCUT2D eigenvalue weighted by Crippen LogP contribution is -2.43. The molecule has 2 aromatic carbocycles. The van der Waals surface area contributed by atoms with Crippen molar-refractivity contribution < 1.29 is 23.9 Å². The molecule has 0 saturated carbocycles. The molecule has 4 aromatic rings. The number of unbranched alkanes of at least 4 members (excludes halogenated alkanes) is 4. The Hall–Kier alpha value is -4.27. The summed E-state index contributed by atoms with van der Waals surface area (Å²) in [6, 6.07) is 10.4. The van der Waals surface area contributed by atoms with Crippen LogP contribution in [0.3, 0.4) is 0 Å². The summed E-state index contributed by atoms with van der Waals surface area (Å²) >= 11 is 0. The van der Waals surface area contributed by atoms with Crippen LogP contribution in [0.25, 0.3) is 5.69 Å². The van der Waals surface area contributed by atoms with E-state index < -0.39 is 17.2 Å². The molecule has 43 heavy (non-hydrogen) atoms. The highest BCUT2D eigenvalue weighted by Crippen LogP contribution is 2.28. The van der Waals surface area contributed by atoms with Crippen molar-refractivity contribution >= 4 is 5.91 Å². The van der Waals surface area contributed by atoms with Gasteiger partial charge in [-0.1, -0.05) is 37.5 Å².